The normalized spacial score (nSPS) is 26.5. The second-order valence-electron chi connectivity index (χ2n) is 8.10. The summed E-state index contributed by atoms with van der Waals surface area (Å²) in [6.45, 7) is 4.06. The molecule has 1 atom stereocenters. The van der Waals surface area contributed by atoms with Crippen molar-refractivity contribution in [3.63, 3.8) is 0 Å². The molecule has 3 aliphatic rings. The molecule has 2 N–H and O–H groups in total. The summed E-state index contributed by atoms with van der Waals surface area (Å²) in [5.74, 6) is 0.394. The highest BCUT2D eigenvalue weighted by Gasteiger charge is 2.57. The fourth-order valence-electron chi connectivity index (χ4n) is 4.80. The minimum atomic E-state index is -0.175. The quantitative estimate of drug-likeness (QED) is 0.817. The van der Waals surface area contributed by atoms with Crippen LogP contribution in [0, 0.1) is 11.3 Å². The van der Waals surface area contributed by atoms with Gasteiger partial charge in [-0.15, -0.1) is 0 Å². The molecular weight excluding hydrogens is 371 g/mol. The van der Waals surface area contributed by atoms with Gasteiger partial charge in [0.2, 0.25) is 5.91 Å². The zero-order valence-electron chi connectivity index (χ0n) is 15.0. The lowest BCUT2D eigenvalue weighted by atomic mass is 9.74. The highest BCUT2D eigenvalue weighted by atomic mass is 35.5. The lowest BCUT2D eigenvalue weighted by Crippen LogP contribution is -2.45. The van der Waals surface area contributed by atoms with Gasteiger partial charge in [-0.2, -0.15) is 0 Å². The average Bonchev–Trinajstić information content (AvgIpc) is 3.34. The summed E-state index contributed by atoms with van der Waals surface area (Å²) in [7, 11) is 0. The number of halogens is 2. The molecule has 4 rings (SSSR count). The first-order valence-corrected chi connectivity index (χ1v) is 10.3. The minimum absolute atomic E-state index is 0.175. The molecule has 2 heterocycles. The van der Waals surface area contributed by atoms with Crippen molar-refractivity contribution in [3.8, 4) is 0 Å². The van der Waals surface area contributed by atoms with E-state index in [1.165, 1.54) is 0 Å². The molecule has 1 amide bonds. The second-order valence-corrected chi connectivity index (χ2v) is 8.95. The smallest absolute Gasteiger partial charge is 0.223 e. The Hall–Kier alpha value is -0.810. The zero-order valence-corrected chi connectivity index (χ0v) is 16.5. The van der Waals surface area contributed by atoms with Gasteiger partial charge in [0, 0.05) is 41.1 Å². The maximum Gasteiger partial charge on any atom is 0.223 e. The van der Waals surface area contributed by atoms with Gasteiger partial charge in [-0.25, -0.2) is 0 Å². The van der Waals surface area contributed by atoms with Crippen LogP contribution in [0.3, 0.4) is 0 Å². The van der Waals surface area contributed by atoms with Crippen LogP contribution in [0.5, 0.6) is 0 Å². The number of rotatable bonds is 4. The van der Waals surface area contributed by atoms with Gasteiger partial charge >= 0.3 is 0 Å². The molecule has 1 aliphatic carbocycles. The molecule has 1 saturated carbocycles. The number of hydrogen-bond acceptors (Lipinski definition) is 3. The Labute approximate surface area is 165 Å². The van der Waals surface area contributed by atoms with E-state index < -0.39 is 0 Å². The van der Waals surface area contributed by atoms with Crippen molar-refractivity contribution >= 4 is 29.1 Å². The van der Waals surface area contributed by atoms with Crippen LogP contribution in [-0.2, 0) is 14.9 Å². The molecule has 3 fully saturated rings. The Morgan fingerprint density at radius 2 is 1.92 bits per heavy atom. The number of amides is 1. The van der Waals surface area contributed by atoms with Crippen LogP contribution < -0.4 is 10.6 Å². The molecule has 1 aromatic carbocycles. The first kappa shape index (κ1) is 18.5. The summed E-state index contributed by atoms with van der Waals surface area (Å²) in [5, 5.41) is 7.96. The van der Waals surface area contributed by atoms with E-state index in [0.717, 1.165) is 50.8 Å². The number of carbonyl (C=O) groups is 1. The van der Waals surface area contributed by atoms with Gasteiger partial charge in [-0.1, -0.05) is 29.3 Å². The number of ether oxygens (including phenoxy) is 1. The Kier molecular flexibility index (Phi) is 5.21. The predicted molar refractivity (Wildman–Crippen MR) is 104 cm³/mol. The highest BCUT2D eigenvalue weighted by Crippen LogP contribution is 2.58. The summed E-state index contributed by atoms with van der Waals surface area (Å²) in [4.78, 5) is 12.8. The van der Waals surface area contributed by atoms with Crippen molar-refractivity contribution in [2.45, 2.75) is 37.5 Å². The highest BCUT2D eigenvalue weighted by molar-refractivity contribution is 6.35. The van der Waals surface area contributed by atoms with E-state index in [4.69, 9.17) is 27.9 Å². The third kappa shape index (κ3) is 3.49. The number of piperidine rings is 1. The van der Waals surface area contributed by atoms with Crippen LogP contribution in [0.15, 0.2) is 18.2 Å². The summed E-state index contributed by atoms with van der Waals surface area (Å²) < 4.78 is 5.58. The molecular formula is C20H26Cl2N2O2. The first-order valence-electron chi connectivity index (χ1n) is 9.57. The van der Waals surface area contributed by atoms with Crippen molar-refractivity contribution in [1.82, 2.24) is 10.6 Å². The van der Waals surface area contributed by atoms with E-state index >= 15 is 0 Å². The topological polar surface area (TPSA) is 50.4 Å². The van der Waals surface area contributed by atoms with Gasteiger partial charge in [-0.05, 0) is 68.3 Å². The Bertz CT molecular complexity index is 682. The first-order chi connectivity index (χ1) is 12.5. The average molecular weight is 397 g/mol. The van der Waals surface area contributed by atoms with Gasteiger partial charge in [0.1, 0.15) is 0 Å². The van der Waals surface area contributed by atoms with Crippen molar-refractivity contribution in [2.75, 3.05) is 32.8 Å². The van der Waals surface area contributed by atoms with Gasteiger partial charge in [-0.3, -0.25) is 4.79 Å². The van der Waals surface area contributed by atoms with Gasteiger partial charge in [0.25, 0.3) is 0 Å². The molecule has 1 aromatic rings. The second kappa shape index (κ2) is 7.31. The molecule has 1 unspecified atom stereocenters. The Balaban J connectivity index is 1.47. The van der Waals surface area contributed by atoms with E-state index in [9.17, 15) is 4.79 Å². The fourth-order valence-corrected chi connectivity index (χ4v) is 5.41. The maximum atomic E-state index is 12.8. The van der Waals surface area contributed by atoms with Crippen LogP contribution in [-0.4, -0.2) is 38.8 Å². The van der Waals surface area contributed by atoms with E-state index in [2.05, 4.69) is 10.6 Å². The third-order valence-corrected chi connectivity index (χ3v) is 7.21. The van der Waals surface area contributed by atoms with Crippen LogP contribution in [0.4, 0.5) is 0 Å². The maximum absolute atomic E-state index is 12.8. The van der Waals surface area contributed by atoms with Gasteiger partial charge in [0.15, 0.2) is 0 Å². The molecule has 1 spiro atoms. The summed E-state index contributed by atoms with van der Waals surface area (Å²) >= 11 is 12.6. The Morgan fingerprint density at radius 1 is 1.19 bits per heavy atom. The minimum Gasteiger partial charge on any atom is -0.381 e. The summed E-state index contributed by atoms with van der Waals surface area (Å²) in [6.07, 6.45) is 4.99. The van der Waals surface area contributed by atoms with Crippen LogP contribution in [0.2, 0.25) is 10.0 Å². The van der Waals surface area contributed by atoms with E-state index in [1.54, 1.807) is 6.07 Å². The molecule has 142 valence electrons. The van der Waals surface area contributed by atoms with E-state index in [0.29, 0.717) is 29.8 Å². The van der Waals surface area contributed by atoms with Crippen molar-refractivity contribution in [1.29, 1.82) is 0 Å². The van der Waals surface area contributed by atoms with Crippen molar-refractivity contribution in [2.24, 2.45) is 11.3 Å². The lowest BCUT2D eigenvalue weighted by molar-refractivity contribution is -0.123. The molecule has 0 aromatic heterocycles. The standard InChI is InChI=1S/C20H26Cl2N2O2/c21-14-1-2-15(17(22)11-14)20(5-9-26-10-6-20)13-24-18(25)16-12-19(16)3-7-23-8-4-19/h1-2,11,16,23H,3-10,12-13H2,(H,24,25). The van der Waals surface area contributed by atoms with Crippen molar-refractivity contribution < 1.29 is 9.53 Å². The SMILES string of the molecule is O=C(NCC1(c2ccc(Cl)cc2Cl)CCOCC1)C1CC12CCNCC2. The van der Waals surface area contributed by atoms with Crippen LogP contribution in [0.1, 0.15) is 37.7 Å². The number of nitrogens with one attached hydrogen (secondary N) is 2. The van der Waals surface area contributed by atoms with Crippen LogP contribution in [0.25, 0.3) is 0 Å². The zero-order chi connectivity index (χ0) is 18.2. The molecule has 6 heteroatoms. The van der Waals surface area contributed by atoms with Gasteiger partial charge in [0.05, 0.1) is 0 Å². The predicted octanol–water partition coefficient (Wildman–Crippen LogP) is 3.55. The molecule has 26 heavy (non-hydrogen) atoms. The molecule has 2 aliphatic heterocycles. The largest absolute Gasteiger partial charge is 0.381 e. The third-order valence-electron chi connectivity index (χ3n) is 6.66. The van der Waals surface area contributed by atoms with Crippen molar-refractivity contribution in [3.05, 3.63) is 33.8 Å². The summed E-state index contributed by atoms with van der Waals surface area (Å²) in [6, 6.07) is 5.68. The fraction of sp³-hybridized carbons (Fsp3) is 0.650. The number of benzene rings is 1. The Morgan fingerprint density at radius 3 is 2.62 bits per heavy atom. The van der Waals surface area contributed by atoms with Gasteiger partial charge < -0.3 is 15.4 Å². The number of hydrogen-bond donors (Lipinski definition) is 2. The molecule has 4 nitrogen and oxygen atoms in total. The lowest BCUT2D eigenvalue weighted by Gasteiger charge is -2.38. The molecule has 0 radical (unpaired) electrons. The monoisotopic (exact) mass is 396 g/mol. The van der Waals surface area contributed by atoms with E-state index in [-0.39, 0.29) is 22.7 Å². The molecule has 0 bridgehead atoms. The molecule has 2 saturated heterocycles. The summed E-state index contributed by atoms with van der Waals surface area (Å²) in [5.41, 5.74) is 1.15. The van der Waals surface area contributed by atoms with Crippen LogP contribution >= 0.6 is 23.2 Å². The van der Waals surface area contributed by atoms with E-state index in [1.807, 2.05) is 12.1 Å². The number of carbonyl (C=O) groups excluding carboxylic acids is 1.